The molecule has 0 aliphatic heterocycles. The van der Waals surface area contributed by atoms with Gasteiger partial charge in [-0.05, 0) is 44.9 Å². The van der Waals surface area contributed by atoms with Crippen LogP contribution in [0.2, 0.25) is 0 Å². The molecule has 0 radical (unpaired) electrons. The first kappa shape index (κ1) is 71.4. The Labute approximate surface area is 460 Å². The lowest BCUT2D eigenvalue weighted by Crippen LogP contribution is -2.30. The van der Waals surface area contributed by atoms with E-state index in [9.17, 15) is 14.4 Å². The monoisotopic (exact) mass is 1040 g/mol. The molecule has 74 heavy (non-hydrogen) atoms. The molecule has 1 atom stereocenters. The number of allylic oxidation sites excluding steroid dienone is 8. The summed E-state index contributed by atoms with van der Waals surface area (Å²) in [4.78, 5) is 38.0. The van der Waals surface area contributed by atoms with E-state index < -0.39 is 6.10 Å². The Morgan fingerprint density at radius 2 is 0.527 bits per heavy atom. The summed E-state index contributed by atoms with van der Waals surface area (Å²) in [5, 5.41) is 0. The van der Waals surface area contributed by atoms with Gasteiger partial charge in [-0.1, -0.05) is 333 Å². The standard InChI is InChI=1S/C68H124O6/c1-4-7-10-13-16-19-21-23-24-25-26-27-28-29-30-31-32-33-34-35-36-37-38-39-40-41-42-43-45-46-49-52-55-58-61-67(70)73-64-65(63-72-66(69)60-57-54-51-48-18-15-12-9-6-3)74-68(71)62-59-56-53-50-47-44-22-20-17-14-11-8-5-2/h8,11,17,20,44,47,53,56,65H,4-7,9-10,12-16,18-19,21-43,45-46,48-52,54-55,57-64H2,1-3H3/b11-8-,20-17-,47-44-,56-53-. The van der Waals surface area contributed by atoms with E-state index in [1.54, 1.807) is 0 Å². The molecule has 1 unspecified atom stereocenters. The van der Waals surface area contributed by atoms with Crippen molar-refractivity contribution in [1.82, 2.24) is 0 Å². The molecule has 0 aliphatic carbocycles. The van der Waals surface area contributed by atoms with E-state index >= 15 is 0 Å². The van der Waals surface area contributed by atoms with Gasteiger partial charge in [0.2, 0.25) is 0 Å². The lowest BCUT2D eigenvalue weighted by molar-refractivity contribution is -0.166. The third-order valence-electron chi connectivity index (χ3n) is 14.6. The average molecular weight is 1040 g/mol. The van der Waals surface area contributed by atoms with Crippen LogP contribution in [0.25, 0.3) is 0 Å². The summed E-state index contributed by atoms with van der Waals surface area (Å²) in [6.45, 7) is 6.48. The zero-order chi connectivity index (χ0) is 53.6. The van der Waals surface area contributed by atoms with Crippen molar-refractivity contribution in [2.45, 2.75) is 354 Å². The van der Waals surface area contributed by atoms with Crippen molar-refractivity contribution in [3.8, 4) is 0 Å². The topological polar surface area (TPSA) is 78.9 Å². The maximum Gasteiger partial charge on any atom is 0.306 e. The molecule has 0 bridgehead atoms. The predicted molar refractivity (Wildman–Crippen MR) is 321 cm³/mol. The summed E-state index contributed by atoms with van der Waals surface area (Å²) in [6.07, 6.45) is 79.1. The fourth-order valence-electron chi connectivity index (χ4n) is 9.76. The minimum atomic E-state index is -0.807. The maximum atomic E-state index is 12.8. The van der Waals surface area contributed by atoms with Crippen LogP contribution >= 0.6 is 0 Å². The van der Waals surface area contributed by atoms with Crippen LogP contribution in [-0.2, 0) is 28.6 Å². The smallest absolute Gasteiger partial charge is 0.306 e. The number of esters is 3. The number of hydrogen-bond donors (Lipinski definition) is 0. The number of hydrogen-bond acceptors (Lipinski definition) is 6. The van der Waals surface area contributed by atoms with Crippen molar-refractivity contribution in [1.29, 1.82) is 0 Å². The van der Waals surface area contributed by atoms with Gasteiger partial charge in [-0.15, -0.1) is 0 Å². The summed E-state index contributed by atoms with van der Waals surface area (Å²) in [5.41, 5.74) is 0. The molecule has 0 rings (SSSR count). The van der Waals surface area contributed by atoms with E-state index in [1.165, 1.54) is 238 Å². The molecule has 0 heterocycles. The predicted octanol–water partition coefficient (Wildman–Crippen LogP) is 22.2. The van der Waals surface area contributed by atoms with Gasteiger partial charge in [-0.25, -0.2) is 0 Å². The molecule has 0 saturated carbocycles. The molecule has 0 aromatic heterocycles. The van der Waals surface area contributed by atoms with Crippen LogP contribution in [0.1, 0.15) is 348 Å². The third-order valence-corrected chi connectivity index (χ3v) is 14.6. The number of carbonyl (C=O) groups excluding carboxylic acids is 3. The van der Waals surface area contributed by atoms with Gasteiger partial charge in [0.15, 0.2) is 6.10 Å². The molecule has 0 saturated heterocycles. The molecule has 6 nitrogen and oxygen atoms in total. The Kier molecular flexibility index (Phi) is 60.7. The Hall–Kier alpha value is -2.63. The van der Waals surface area contributed by atoms with Gasteiger partial charge in [-0.3, -0.25) is 14.4 Å². The minimum Gasteiger partial charge on any atom is -0.462 e. The van der Waals surface area contributed by atoms with E-state index in [-0.39, 0.29) is 37.5 Å². The number of ether oxygens (including phenoxy) is 3. The van der Waals surface area contributed by atoms with E-state index in [0.717, 1.165) is 64.2 Å². The SMILES string of the molecule is CC/C=C\C/C=C\C/C=C\C/C=C\CCC(=O)OC(COC(=O)CCCCCCCCCCC)COC(=O)CCCCCCCCCCCCCCCCCCCCCCCCCCCCCCCCCCCC. The highest BCUT2D eigenvalue weighted by Gasteiger charge is 2.19. The van der Waals surface area contributed by atoms with Crippen molar-refractivity contribution >= 4 is 17.9 Å². The average Bonchev–Trinajstić information content (AvgIpc) is 3.40. The summed E-state index contributed by atoms with van der Waals surface area (Å²) in [5.74, 6) is -0.968. The Morgan fingerprint density at radius 1 is 0.284 bits per heavy atom. The molecular weight excluding hydrogens is 913 g/mol. The fraction of sp³-hybridized carbons (Fsp3) is 0.838. The van der Waals surface area contributed by atoms with E-state index in [1.807, 2.05) is 6.08 Å². The zero-order valence-corrected chi connectivity index (χ0v) is 49.6. The van der Waals surface area contributed by atoms with Crippen LogP contribution in [0.3, 0.4) is 0 Å². The van der Waals surface area contributed by atoms with E-state index in [4.69, 9.17) is 14.2 Å². The summed E-state index contributed by atoms with van der Waals surface area (Å²) < 4.78 is 16.8. The van der Waals surface area contributed by atoms with Crippen molar-refractivity contribution in [3.05, 3.63) is 48.6 Å². The van der Waals surface area contributed by atoms with Crippen LogP contribution in [0.15, 0.2) is 48.6 Å². The van der Waals surface area contributed by atoms with E-state index in [0.29, 0.717) is 19.3 Å². The molecule has 0 N–H and O–H groups in total. The van der Waals surface area contributed by atoms with Crippen molar-refractivity contribution in [2.75, 3.05) is 13.2 Å². The first-order valence-electron chi connectivity index (χ1n) is 32.6. The van der Waals surface area contributed by atoms with Crippen LogP contribution in [0.5, 0.6) is 0 Å². The molecule has 0 aliphatic rings. The molecule has 0 aromatic carbocycles. The van der Waals surface area contributed by atoms with Gasteiger partial charge in [-0.2, -0.15) is 0 Å². The largest absolute Gasteiger partial charge is 0.462 e. The second kappa shape index (κ2) is 62.9. The lowest BCUT2D eigenvalue weighted by atomic mass is 10.0. The summed E-state index contributed by atoms with van der Waals surface area (Å²) in [7, 11) is 0. The third kappa shape index (κ3) is 60.2. The summed E-state index contributed by atoms with van der Waals surface area (Å²) >= 11 is 0. The van der Waals surface area contributed by atoms with Crippen molar-refractivity contribution < 1.29 is 28.6 Å². The molecule has 0 amide bonds. The quantitative estimate of drug-likeness (QED) is 0.0261. The maximum absolute atomic E-state index is 12.8. The molecular formula is C68H124O6. The van der Waals surface area contributed by atoms with Gasteiger partial charge < -0.3 is 14.2 Å². The second-order valence-electron chi connectivity index (χ2n) is 22.0. The normalized spacial score (nSPS) is 12.3. The van der Waals surface area contributed by atoms with Gasteiger partial charge in [0.05, 0.1) is 0 Å². The number of unbranched alkanes of at least 4 members (excludes halogenated alkanes) is 41. The highest BCUT2D eigenvalue weighted by Crippen LogP contribution is 2.18. The Morgan fingerprint density at radius 3 is 0.797 bits per heavy atom. The Bertz CT molecular complexity index is 1280. The van der Waals surface area contributed by atoms with Gasteiger partial charge in [0.1, 0.15) is 13.2 Å². The fourth-order valence-corrected chi connectivity index (χ4v) is 9.76. The second-order valence-corrected chi connectivity index (χ2v) is 22.0. The first-order chi connectivity index (χ1) is 36.5. The van der Waals surface area contributed by atoms with Crippen molar-refractivity contribution in [3.63, 3.8) is 0 Å². The number of rotatable bonds is 60. The molecule has 0 fully saturated rings. The Balaban J connectivity index is 3.97. The van der Waals surface area contributed by atoms with Gasteiger partial charge in [0, 0.05) is 19.3 Å². The van der Waals surface area contributed by atoms with Crippen LogP contribution in [0.4, 0.5) is 0 Å². The van der Waals surface area contributed by atoms with Crippen molar-refractivity contribution in [2.24, 2.45) is 0 Å². The number of carbonyl (C=O) groups is 3. The highest BCUT2D eigenvalue weighted by atomic mass is 16.6. The highest BCUT2D eigenvalue weighted by molar-refractivity contribution is 5.71. The van der Waals surface area contributed by atoms with Crippen LogP contribution in [-0.4, -0.2) is 37.2 Å². The van der Waals surface area contributed by atoms with Gasteiger partial charge in [0.25, 0.3) is 0 Å². The van der Waals surface area contributed by atoms with E-state index in [2.05, 4.69) is 63.3 Å². The molecule has 6 heteroatoms. The first-order valence-corrected chi connectivity index (χ1v) is 32.6. The molecule has 432 valence electrons. The molecule has 0 spiro atoms. The molecule has 0 aromatic rings. The zero-order valence-electron chi connectivity index (χ0n) is 49.6. The van der Waals surface area contributed by atoms with Gasteiger partial charge >= 0.3 is 17.9 Å². The summed E-state index contributed by atoms with van der Waals surface area (Å²) in [6, 6.07) is 0. The van der Waals surface area contributed by atoms with Crippen LogP contribution in [0, 0.1) is 0 Å². The minimum absolute atomic E-state index is 0.0977. The van der Waals surface area contributed by atoms with Crippen LogP contribution < -0.4 is 0 Å². The lowest BCUT2D eigenvalue weighted by Gasteiger charge is -2.18.